The van der Waals surface area contributed by atoms with Gasteiger partial charge in [0.25, 0.3) is 0 Å². The number of fused-ring (bicyclic) bond motifs is 1. The summed E-state index contributed by atoms with van der Waals surface area (Å²) in [6.07, 6.45) is 3.13. The number of nitrogens with zero attached hydrogens (tertiary/aromatic N) is 4. The van der Waals surface area contributed by atoms with Crippen molar-refractivity contribution in [2.24, 2.45) is 0 Å². The van der Waals surface area contributed by atoms with Crippen LogP contribution in [0.2, 0.25) is 0 Å². The molecule has 0 saturated carbocycles. The van der Waals surface area contributed by atoms with Crippen molar-refractivity contribution < 1.29 is 8.42 Å². The van der Waals surface area contributed by atoms with E-state index in [1.165, 1.54) is 10.6 Å². The van der Waals surface area contributed by atoms with Gasteiger partial charge in [0, 0.05) is 31.9 Å². The third-order valence-corrected chi connectivity index (χ3v) is 5.39. The molecule has 1 unspecified atom stereocenters. The molecule has 0 aromatic carbocycles. The second kappa shape index (κ2) is 5.46. The van der Waals surface area contributed by atoms with Gasteiger partial charge < -0.3 is 4.57 Å². The molecule has 7 heteroatoms. The van der Waals surface area contributed by atoms with Crippen molar-refractivity contribution >= 4 is 10.0 Å². The standard InChI is InChI=1S/C13H24N4O2S/c1-10(2)15(4)9-12-8-14-13-11(3)17(20(5,18)19)7-6-16(12)13/h8,10-11H,6-7,9H2,1-5H3. The minimum absolute atomic E-state index is 0.197. The Morgan fingerprint density at radius 3 is 2.65 bits per heavy atom. The molecule has 1 aliphatic heterocycles. The van der Waals surface area contributed by atoms with Gasteiger partial charge in [0.15, 0.2) is 0 Å². The number of hydrogen-bond acceptors (Lipinski definition) is 4. The smallest absolute Gasteiger partial charge is 0.211 e. The maximum atomic E-state index is 11.8. The molecule has 0 aliphatic carbocycles. The summed E-state index contributed by atoms with van der Waals surface area (Å²) >= 11 is 0. The van der Waals surface area contributed by atoms with Crippen molar-refractivity contribution in [2.45, 2.75) is 45.9 Å². The largest absolute Gasteiger partial charge is 0.328 e. The molecule has 114 valence electrons. The third kappa shape index (κ3) is 2.89. The van der Waals surface area contributed by atoms with E-state index < -0.39 is 10.0 Å². The van der Waals surface area contributed by atoms with Crippen LogP contribution in [-0.2, 0) is 23.1 Å². The van der Waals surface area contributed by atoms with E-state index in [1.54, 1.807) is 0 Å². The minimum atomic E-state index is -3.18. The topological polar surface area (TPSA) is 58.4 Å². The van der Waals surface area contributed by atoms with Crippen LogP contribution in [0.15, 0.2) is 6.20 Å². The monoisotopic (exact) mass is 300 g/mol. The highest BCUT2D eigenvalue weighted by Crippen LogP contribution is 2.27. The Balaban J connectivity index is 2.26. The molecule has 0 amide bonds. The van der Waals surface area contributed by atoms with Crippen molar-refractivity contribution in [1.29, 1.82) is 0 Å². The molecule has 2 heterocycles. The molecule has 1 aromatic heterocycles. The van der Waals surface area contributed by atoms with Crippen LogP contribution in [0.3, 0.4) is 0 Å². The first-order valence-electron chi connectivity index (χ1n) is 6.93. The molecule has 6 nitrogen and oxygen atoms in total. The van der Waals surface area contributed by atoms with Crippen molar-refractivity contribution in [2.75, 3.05) is 19.8 Å². The zero-order valence-corrected chi connectivity index (χ0v) is 13.7. The summed E-state index contributed by atoms with van der Waals surface area (Å²) in [5, 5.41) is 0. The number of imidazole rings is 1. The average Bonchev–Trinajstić information content (AvgIpc) is 2.72. The van der Waals surface area contributed by atoms with Gasteiger partial charge in [-0.1, -0.05) is 0 Å². The highest BCUT2D eigenvalue weighted by Gasteiger charge is 2.32. The lowest BCUT2D eigenvalue weighted by Crippen LogP contribution is -2.41. The van der Waals surface area contributed by atoms with E-state index in [9.17, 15) is 8.42 Å². The zero-order valence-electron chi connectivity index (χ0n) is 12.9. The summed E-state index contributed by atoms with van der Waals surface area (Å²) in [6.45, 7) is 8.23. The molecular formula is C13H24N4O2S. The molecular weight excluding hydrogens is 276 g/mol. The predicted octanol–water partition coefficient (Wildman–Crippen LogP) is 1.06. The van der Waals surface area contributed by atoms with Crippen LogP contribution in [0.5, 0.6) is 0 Å². The SMILES string of the molecule is CC(C)N(C)Cc1cnc2n1CCN(S(C)(=O)=O)C2C. The van der Waals surface area contributed by atoms with E-state index in [2.05, 4.69) is 35.3 Å². The van der Waals surface area contributed by atoms with Crippen LogP contribution in [0.4, 0.5) is 0 Å². The van der Waals surface area contributed by atoms with Crippen molar-refractivity contribution in [3.63, 3.8) is 0 Å². The minimum Gasteiger partial charge on any atom is -0.328 e. The van der Waals surface area contributed by atoms with Gasteiger partial charge in [-0.15, -0.1) is 0 Å². The van der Waals surface area contributed by atoms with Crippen LogP contribution >= 0.6 is 0 Å². The van der Waals surface area contributed by atoms with Gasteiger partial charge in [0.2, 0.25) is 10.0 Å². The number of sulfonamides is 1. The van der Waals surface area contributed by atoms with Gasteiger partial charge >= 0.3 is 0 Å². The maximum Gasteiger partial charge on any atom is 0.211 e. The fraction of sp³-hybridized carbons (Fsp3) is 0.769. The first-order chi connectivity index (χ1) is 9.21. The Bertz CT molecular complexity index is 579. The van der Waals surface area contributed by atoms with Crippen molar-refractivity contribution in [3.8, 4) is 0 Å². The fourth-order valence-electron chi connectivity index (χ4n) is 2.56. The van der Waals surface area contributed by atoms with Gasteiger partial charge in [-0.2, -0.15) is 4.31 Å². The Kier molecular flexibility index (Phi) is 4.22. The quantitative estimate of drug-likeness (QED) is 0.834. The van der Waals surface area contributed by atoms with Crippen molar-refractivity contribution in [3.05, 3.63) is 17.7 Å². The molecule has 0 fully saturated rings. The summed E-state index contributed by atoms with van der Waals surface area (Å²) in [6, 6.07) is 0.270. The van der Waals surface area contributed by atoms with E-state index in [1.807, 2.05) is 13.1 Å². The van der Waals surface area contributed by atoms with Crippen LogP contribution in [0.1, 0.15) is 38.3 Å². The molecule has 0 saturated heterocycles. The van der Waals surface area contributed by atoms with Crippen LogP contribution < -0.4 is 0 Å². The summed E-state index contributed by atoms with van der Waals surface area (Å²) in [5.74, 6) is 0.842. The summed E-state index contributed by atoms with van der Waals surface area (Å²) in [4.78, 5) is 6.69. The molecule has 1 atom stereocenters. The number of hydrogen-bond donors (Lipinski definition) is 0. The Labute approximate surface area is 121 Å². The highest BCUT2D eigenvalue weighted by molar-refractivity contribution is 7.88. The van der Waals surface area contributed by atoms with Crippen LogP contribution in [0.25, 0.3) is 0 Å². The van der Waals surface area contributed by atoms with Gasteiger partial charge in [-0.25, -0.2) is 13.4 Å². The van der Waals surface area contributed by atoms with Gasteiger partial charge in [0.05, 0.1) is 18.0 Å². The highest BCUT2D eigenvalue weighted by atomic mass is 32.2. The second-order valence-electron chi connectivity index (χ2n) is 5.82. The summed E-state index contributed by atoms with van der Waals surface area (Å²) in [5.41, 5.74) is 1.15. The molecule has 1 aromatic rings. The molecule has 0 N–H and O–H groups in total. The number of aromatic nitrogens is 2. The van der Waals surface area contributed by atoms with Gasteiger partial charge in [-0.3, -0.25) is 4.90 Å². The molecule has 0 spiro atoms. The molecule has 2 rings (SSSR count). The first-order valence-corrected chi connectivity index (χ1v) is 8.78. The van der Waals surface area contributed by atoms with E-state index in [-0.39, 0.29) is 6.04 Å². The summed E-state index contributed by atoms with van der Waals surface area (Å²) < 4.78 is 27.2. The number of rotatable bonds is 4. The van der Waals surface area contributed by atoms with E-state index in [0.717, 1.165) is 18.1 Å². The molecule has 0 bridgehead atoms. The normalized spacial score (nSPS) is 20.6. The molecule has 0 radical (unpaired) electrons. The third-order valence-electron chi connectivity index (χ3n) is 4.04. The fourth-order valence-corrected chi connectivity index (χ4v) is 3.64. The van der Waals surface area contributed by atoms with Crippen LogP contribution in [-0.4, -0.2) is 53.1 Å². The van der Waals surface area contributed by atoms with Crippen molar-refractivity contribution in [1.82, 2.24) is 18.8 Å². The Morgan fingerprint density at radius 1 is 1.45 bits per heavy atom. The summed E-state index contributed by atoms with van der Waals surface area (Å²) in [7, 11) is -1.09. The lowest BCUT2D eigenvalue weighted by molar-refractivity contribution is 0.243. The lowest BCUT2D eigenvalue weighted by atomic mass is 10.2. The van der Waals surface area contributed by atoms with E-state index in [0.29, 0.717) is 19.1 Å². The van der Waals surface area contributed by atoms with Gasteiger partial charge in [-0.05, 0) is 27.8 Å². The van der Waals surface area contributed by atoms with E-state index in [4.69, 9.17) is 0 Å². The Hall–Kier alpha value is -0.920. The molecule has 1 aliphatic rings. The predicted molar refractivity (Wildman–Crippen MR) is 78.8 cm³/mol. The van der Waals surface area contributed by atoms with Crippen LogP contribution in [0, 0.1) is 0 Å². The average molecular weight is 300 g/mol. The lowest BCUT2D eigenvalue weighted by Gasteiger charge is -2.33. The zero-order chi connectivity index (χ0) is 15.1. The van der Waals surface area contributed by atoms with E-state index >= 15 is 0 Å². The Morgan fingerprint density at radius 2 is 2.10 bits per heavy atom. The van der Waals surface area contributed by atoms with Gasteiger partial charge in [0.1, 0.15) is 5.82 Å². The molecule has 20 heavy (non-hydrogen) atoms. The first kappa shape index (κ1) is 15.5. The second-order valence-corrected chi connectivity index (χ2v) is 7.75. The maximum absolute atomic E-state index is 11.8.